The number of rotatable bonds is 7. The van der Waals surface area contributed by atoms with Crippen LogP contribution in [0.2, 0.25) is 0 Å². The van der Waals surface area contributed by atoms with Crippen molar-refractivity contribution in [1.29, 1.82) is 0 Å². The van der Waals surface area contributed by atoms with Crippen molar-refractivity contribution in [3.63, 3.8) is 0 Å². The van der Waals surface area contributed by atoms with E-state index in [2.05, 4.69) is 36.6 Å². The van der Waals surface area contributed by atoms with Crippen molar-refractivity contribution in [2.45, 2.75) is 77.4 Å². The monoisotopic (exact) mass is 513 g/mol. The van der Waals surface area contributed by atoms with Gasteiger partial charge >= 0.3 is 0 Å². The number of nitrogens with zero attached hydrogens (tertiary/aromatic N) is 1. The Morgan fingerprint density at radius 2 is 1.61 bits per heavy atom. The summed E-state index contributed by atoms with van der Waals surface area (Å²) in [6.07, 6.45) is 1.11. The molecule has 3 N–H and O–H groups in total. The summed E-state index contributed by atoms with van der Waals surface area (Å²) in [5.41, 5.74) is 3.30. The Kier molecular flexibility index (Phi) is 7.55. The molecule has 38 heavy (non-hydrogen) atoms. The molecule has 0 radical (unpaired) electrons. The average molecular weight is 514 g/mol. The van der Waals surface area contributed by atoms with Gasteiger partial charge in [-0.1, -0.05) is 74.5 Å². The zero-order valence-electron chi connectivity index (χ0n) is 22.7. The van der Waals surface area contributed by atoms with Gasteiger partial charge < -0.3 is 15.7 Å². The highest BCUT2D eigenvalue weighted by Crippen LogP contribution is 2.37. The lowest BCUT2D eigenvalue weighted by Gasteiger charge is -2.48. The number of amides is 2. The minimum atomic E-state index is -1.01. The number of carbonyl (C=O) groups is 2. The predicted molar refractivity (Wildman–Crippen MR) is 150 cm³/mol. The molecular formula is C32H39N3O3. The summed E-state index contributed by atoms with van der Waals surface area (Å²) in [7, 11) is 0. The third-order valence-electron chi connectivity index (χ3n) is 7.95. The first kappa shape index (κ1) is 26.4. The van der Waals surface area contributed by atoms with Crippen LogP contribution in [0.3, 0.4) is 0 Å². The fourth-order valence-corrected chi connectivity index (χ4v) is 6.26. The lowest BCUT2D eigenvalue weighted by atomic mass is 9.87. The maximum absolute atomic E-state index is 13.9. The van der Waals surface area contributed by atoms with E-state index < -0.39 is 24.4 Å². The van der Waals surface area contributed by atoms with Crippen LogP contribution in [0.1, 0.15) is 56.8 Å². The van der Waals surface area contributed by atoms with Gasteiger partial charge in [-0.3, -0.25) is 9.59 Å². The predicted octanol–water partition coefficient (Wildman–Crippen LogP) is 4.35. The van der Waals surface area contributed by atoms with Gasteiger partial charge in [0.05, 0.1) is 12.1 Å². The Morgan fingerprint density at radius 1 is 0.974 bits per heavy atom. The second-order valence-electron chi connectivity index (χ2n) is 11.6. The van der Waals surface area contributed by atoms with Crippen LogP contribution in [0.5, 0.6) is 0 Å². The van der Waals surface area contributed by atoms with Crippen LogP contribution in [0.15, 0.2) is 66.7 Å². The van der Waals surface area contributed by atoms with Gasteiger partial charge in [-0.25, -0.2) is 4.90 Å². The van der Waals surface area contributed by atoms with E-state index in [4.69, 9.17) is 0 Å². The van der Waals surface area contributed by atoms with Crippen LogP contribution in [-0.4, -0.2) is 46.2 Å². The number of hydrogen-bond donors (Lipinski definition) is 3. The van der Waals surface area contributed by atoms with Crippen LogP contribution in [0, 0.1) is 11.8 Å². The highest BCUT2D eigenvalue weighted by Gasteiger charge is 2.49. The van der Waals surface area contributed by atoms with E-state index in [0.717, 1.165) is 29.2 Å². The van der Waals surface area contributed by atoms with E-state index in [0.29, 0.717) is 6.42 Å². The van der Waals surface area contributed by atoms with Gasteiger partial charge in [0.25, 0.3) is 0 Å². The van der Waals surface area contributed by atoms with Crippen LogP contribution in [-0.2, 0) is 22.4 Å². The average Bonchev–Trinajstić information content (AvgIpc) is 3.31. The molecule has 2 aliphatic rings. The smallest absolute Gasteiger partial charge is 0.242 e. The molecule has 6 nitrogen and oxygen atoms in total. The Balaban J connectivity index is 1.57. The van der Waals surface area contributed by atoms with Crippen LogP contribution in [0.4, 0.5) is 0 Å². The highest BCUT2D eigenvalue weighted by atomic mass is 16.3. The molecule has 6 heteroatoms. The molecule has 1 saturated heterocycles. The van der Waals surface area contributed by atoms with Crippen molar-refractivity contribution in [1.82, 2.24) is 15.5 Å². The molecule has 4 atom stereocenters. The largest absolute Gasteiger partial charge is 0.376 e. The molecule has 1 aliphatic carbocycles. The molecule has 0 spiro atoms. The maximum atomic E-state index is 13.9. The highest BCUT2D eigenvalue weighted by molar-refractivity contribution is 5.89. The van der Waals surface area contributed by atoms with E-state index in [1.54, 1.807) is 4.90 Å². The fraction of sp³-hybridized carbons (Fsp3) is 0.438. The molecule has 2 amide bonds. The number of aliphatic hydroxyl groups excluding tert-OH is 1. The Bertz CT molecular complexity index is 1300. The molecule has 0 bridgehead atoms. The SMILES string of the molecule is CC(C)C[C@@H]1C(=O)N[C@H](C2Cc3ccccc3C2)C(O)N1C(C(=O)NC(C)C)c1ccc2ccccc2c1. The summed E-state index contributed by atoms with van der Waals surface area (Å²) in [5, 5.41) is 20.4. The summed E-state index contributed by atoms with van der Waals surface area (Å²) in [6, 6.07) is 20.4. The molecule has 1 fully saturated rings. The van der Waals surface area contributed by atoms with Gasteiger partial charge in [-0.15, -0.1) is 0 Å². The lowest BCUT2D eigenvalue weighted by molar-refractivity contribution is -0.162. The molecule has 0 aromatic heterocycles. The number of carbonyl (C=O) groups excluding carboxylic acids is 2. The third-order valence-corrected chi connectivity index (χ3v) is 7.95. The number of piperazine rings is 1. The second-order valence-corrected chi connectivity index (χ2v) is 11.6. The van der Waals surface area contributed by atoms with Crippen molar-refractivity contribution in [2.24, 2.45) is 11.8 Å². The van der Waals surface area contributed by atoms with Crippen molar-refractivity contribution in [2.75, 3.05) is 0 Å². The molecule has 0 saturated carbocycles. The Labute approximate surface area is 225 Å². The van der Waals surface area contributed by atoms with Gasteiger partial charge in [-0.2, -0.15) is 0 Å². The molecule has 2 unspecified atom stereocenters. The molecule has 1 aliphatic heterocycles. The number of fused-ring (bicyclic) bond motifs is 2. The van der Waals surface area contributed by atoms with Gasteiger partial charge in [0.1, 0.15) is 12.3 Å². The van der Waals surface area contributed by atoms with Gasteiger partial charge in [0.2, 0.25) is 11.8 Å². The van der Waals surface area contributed by atoms with Crippen molar-refractivity contribution in [3.8, 4) is 0 Å². The zero-order valence-corrected chi connectivity index (χ0v) is 22.7. The van der Waals surface area contributed by atoms with E-state index in [1.165, 1.54) is 11.1 Å². The fourth-order valence-electron chi connectivity index (χ4n) is 6.26. The number of nitrogens with one attached hydrogen (secondary N) is 2. The van der Waals surface area contributed by atoms with Crippen LogP contribution >= 0.6 is 0 Å². The molecule has 1 heterocycles. The van der Waals surface area contributed by atoms with Gasteiger partial charge in [-0.05, 0) is 78.5 Å². The van der Waals surface area contributed by atoms with Gasteiger partial charge in [0, 0.05) is 6.04 Å². The Morgan fingerprint density at radius 3 is 2.24 bits per heavy atom. The zero-order chi connectivity index (χ0) is 27.0. The van der Waals surface area contributed by atoms with Crippen LogP contribution < -0.4 is 10.6 Å². The number of hydrogen-bond acceptors (Lipinski definition) is 4. The topological polar surface area (TPSA) is 81.7 Å². The summed E-state index contributed by atoms with van der Waals surface area (Å²) in [6.45, 7) is 7.99. The molecule has 200 valence electrons. The van der Waals surface area contributed by atoms with Crippen LogP contribution in [0.25, 0.3) is 10.8 Å². The Hall–Kier alpha value is -3.22. The minimum Gasteiger partial charge on any atom is -0.376 e. The number of benzene rings is 3. The molecule has 5 rings (SSSR count). The van der Waals surface area contributed by atoms with E-state index >= 15 is 0 Å². The molecule has 3 aromatic carbocycles. The first-order valence-corrected chi connectivity index (χ1v) is 13.8. The second kappa shape index (κ2) is 10.9. The minimum absolute atomic E-state index is 0.0549. The maximum Gasteiger partial charge on any atom is 0.242 e. The standard InChI is InChI=1S/C32H39N3O3/c1-19(2)15-27-30(36)34-28(26-17-23-11-7-8-12-24(23)18-26)32(38)35(27)29(31(37)33-20(3)4)25-14-13-21-9-5-6-10-22(21)16-25/h5-14,16,19-20,26-29,32,38H,15,17-18H2,1-4H3,(H,33,37)(H,34,36)/t27-,28-,29?,32?/m1/s1. The van der Waals surface area contributed by atoms with Gasteiger partial charge in [0.15, 0.2) is 0 Å². The quantitative estimate of drug-likeness (QED) is 0.439. The normalized spacial score (nSPS) is 23.0. The summed E-state index contributed by atoms with van der Waals surface area (Å²) in [4.78, 5) is 29.4. The molecule has 3 aromatic rings. The first-order chi connectivity index (χ1) is 18.2. The van der Waals surface area contributed by atoms with E-state index in [9.17, 15) is 14.7 Å². The number of aliphatic hydroxyl groups is 1. The summed E-state index contributed by atoms with van der Waals surface area (Å²) >= 11 is 0. The third kappa shape index (κ3) is 5.20. The summed E-state index contributed by atoms with van der Waals surface area (Å²) in [5.74, 6) is -0.0586. The van der Waals surface area contributed by atoms with E-state index in [1.807, 2.05) is 68.4 Å². The van der Waals surface area contributed by atoms with Crippen molar-refractivity contribution < 1.29 is 14.7 Å². The van der Waals surface area contributed by atoms with Crippen molar-refractivity contribution >= 4 is 22.6 Å². The molecular weight excluding hydrogens is 474 g/mol. The lowest BCUT2D eigenvalue weighted by Crippen LogP contribution is -2.69. The first-order valence-electron chi connectivity index (χ1n) is 13.8. The van der Waals surface area contributed by atoms with Crippen molar-refractivity contribution in [3.05, 3.63) is 83.4 Å². The summed E-state index contributed by atoms with van der Waals surface area (Å²) < 4.78 is 0. The van der Waals surface area contributed by atoms with E-state index in [-0.39, 0.29) is 29.7 Å².